The highest BCUT2D eigenvalue weighted by molar-refractivity contribution is 5.83. The molecule has 114 valence electrons. The highest BCUT2D eigenvalue weighted by Gasteiger charge is 2.43. The summed E-state index contributed by atoms with van der Waals surface area (Å²) in [7, 11) is 0. The summed E-state index contributed by atoms with van der Waals surface area (Å²) in [6, 6.07) is 3.74. The first-order valence-corrected chi connectivity index (χ1v) is 7.21. The van der Waals surface area contributed by atoms with Crippen LogP contribution >= 0.6 is 0 Å². The van der Waals surface area contributed by atoms with Crippen LogP contribution in [0.3, 0.4) is 0 Å². The predicted octanol–water partition coefficient (Wildman–Crippen LogP) is 2.29. The molecule has 1 atom stereocenters. The molecule has 4 nitrogen and oxygen atoms in total. The van der Waals surface area contributed by atoms with Crippen LogP contribution in [0.5, 0.6) is 5.75 Å². The van der Waals surface area contributed by atoms with E-state index in [1.165, 1.54) is 0 Å². The maximum absolute atomic E-state index is 14.0. The van der Waals surface area contributed by atoms with E-state index in [0.717, 1.165) is 29.0 Å². The highest BCUT2D eigenvalue weighted by Crippen LogP contribution is 2.44. The minimum absolute atomic E-state index is 0.206. The fraction of sp³-hybridized carbons (Fsp3) is 0.533. The molecule has 1 aromatic carbocycles. The van der Waals surface area contributed by atoms with Crippen LogP contribution < -0.4 is 15.4 Å². The van der Waals surface area contributed by atoms with E-state index in [1.54, 1.807) is 6.92 Å². The van der Waals surface area contributed by atoms with E-state index >= 15 is 0 Å². The van der Waals surface area contributed by atoms with Crippen LogP contribution in [0, 0.1) is 0 Å². The Labute approximate surface area is 121 Å². The minimum Gasteiger partial charge on any atom is -0.493 e. The number of rotatable bonds is 4. The summed E-state index contributed by atoms with van der Waals surface area (Å²) in [5, 5.41) is 5.35. The van der Waals surface area contributed by atoms with Crippen LogP contribution in [0.25, 0.3) is 0 Å². The van der Waals surface area contributed by atoms with Crippen LogP contribution in [-0.2, 0) is 11.2 Å². The summed E-state index contributed by atoms with van der Waals surface area (Å²) in [6.07, 6.45) is 0.263. The second-order valence-corrected chi connectivity index (χ2v) is 5.45. The van der Waals surface area contributed by atoms with Crippen molar-refractivity contribution in [1.29, 1.82) is 0 Å². The van der Waals surface area contributed by atoms with Crippen LogP contribution in [0.1, 0.15) is 30.4 Å². The van der Waals surface area contributed by atoms with Gasteiger partial charge in [0.25, 0.3) is 5.91 Å². The first-order valence-electron chi connectivity index (χ1n) is 7.21. The summed E-state index contributed by atoms with van der Waals surface area (Å²) in [6.45, 7) is 2.85. The summed E-state index contributed by atoms with van der Waals surface area (Å²) < 4.78 is 33.6. The van der Waals surface area contributed by atoms with Crippen molar-refractivity contribution in [2.45, 2.75) is 31.6 Å². The zero-order valence-corrected chi connectivity index (χ0v) is 11.8. The maximum Gasteiger partial charge on any atom is 0.325 e. The first-order chi connectivity index (χ1) is 10.0. The lowest BCUT2D eigenvalue weighted by Crippen LogP contribution is -2.41. The van der Waals surface area contributed by atoms with Crippen molar-refractivity contribution < 1.29 is 18.3 Å². The molecule has 2 heterocycles. The van der Waals surface area contributed by atoms with Gasteiger partial charge in [0.15, 0.2) is 0 Å². The fourth-order valence-electron chi connectivity index (χ4n) is 3.12. The molecule has 0 saturated heterocycles. The van der Waals surface area contributed by atoms with E-state index in [0.29, 0.717) is 13.2 Å². The average Bonchev–Trinajstić information content (AvgIpc) is 3.04. The molecule has 0 aromatic heterocycles. The molecular weight excluding hydrogens is 278 g/mol. The third-order valence-electron chi connectivity index (χ3n) is 4.04. The van der Waals surface area contributed by atoms with Crippen LogP contribution in [0.15, 0.2) is 12.1 Å². The number of carbonyl (C=O) groups is 1. The van der Waals surface area contributed by atoms with Crippen LogP contribution in [0.4, 0.5) is 14.5 Å². The molecule has 1 aromatic rings. The highest BCUT2D eigenvalue weighted by atomic mass is 19.3. The summed E-state index contributed by atoms with van der Waals surface area (Å²) in [5.41, 5.74) is 2.79. The van der Waals surface area contributed by atoms with Gasteiger partial charge in [0, 0.05) is 43.1 Å². The topological polar surface area (TPSA) is 50.4 Å². The van der Waals surface area contributed by atoms with Gasteiger partial charge in [-0.05, 0) is 24.6 Å². The number of alkyl halides is 2. The number of hydrogen-bond donors (Lipinski definition) is 2. The molecule has 0 radical (unpaired) electrons. The number of anilines is 1. The summed E-state index contributed by atoms with van der Waals surface area (Å²) in [5.74, 6) is -4.13. The number of fused-ring (bicyclic) bond motifs is 3. The minimum atomic E-state index is -3.36. The number of halogens is 2. The van der Waals surface area contributed by atoms with E-state index in [9.17, 15) is 13.6 Å². The zero-order valence-electron chi connectivity index (χ0n) is 11.8. The number of ether oxygens (including phenoxy) is 1. The van der Waals surface area contributed by atoms with Crippen molar-refractivity contribution in [2.24, 2.45) is 0 Å². The summed E-state index contributed by atoms with van der Waals surface area (Å²) in [4.78, 5) is 11.5. The van der Waals surface area contributed by atoms with Gasteiger partial charge in [-0.3, -0.25) is 4.79 Å². The quantitative estimate of drug-likeness (QED) is 0.896. The molecule has 3 rings (SSSR count). The molecule has 6 heteroatoms. The van der Waals surface area contributed by atoms with Crippen molar-refractivity contribution in [3.63, 3.8) is 0 Å². The average molecular weight is 296 g/mol. The van der Waals surface area contributed by atoms with Crippen LogP contribution in [0.2, 0.25) is 0 Å². The molecule has 2 aliphatic heterocycles. The molecule has 1 amide bonds. The van der Waals surface area contributed by atoms with Crippen molar-refractivity contribution in [3.05, 3.63) is 23.3 Å². The van der Waals surface area contributed by atoms with E-state index in [1.807, 2.05) is 12.1 Å². The lowest BCUT2D eigenvalue weighted by atomic mass is 9.89. The van der Waals surface area contributed by atoms with Gasteiger partial charge in [-0.25, -0.2) is 0 Å². The van der Waals surface area contributed by atoms with E-state index < -0.39 is 18.3 Å². The second kappa shape index (κ2) is 5.16. The number of hydrogen-bond acceptors (Lipinski definition) is 3. The second-order valence-electron chi connectivity index (χ2n) is 5.45. The molecule has 2 N–H and O–H groups in total. The van der Waals surface area contributed by atoms with Gasteiger partial charge in [-0.1, -0.05) is 0 Å². The normalized spacial score (nSPS) is 19.5. The molecule has 0 saturated carbocycles. The van der Waals surface area contributed by atoms with E-state index in [-0.39, 0.29) is 12.5 Å². The van der Waals surface area contributed by atoms with Gasteiger partial charge in [0.1, 0.15) is 5.75 Å². The Kier molecular flexibility index (Phi) is 3.47. The Balaban J connectivity index is 1.85. The smallest absolute Gasteiger partial charge is 0.325 e. The largest absolute Gasteiger partial charge is 0.493 e. The Morgan fingerprint density at radius 2 is 2.33 bits per heavy atom. The number of amides is 1. The Morgan fingerprint density at radius 3 is 3.10 bits per heavy atom. The SMILES string of the molecule is CCNC(=O)C(F)(F)CC1CNc2ccc3c(c21)CCO3. The Hall–Kier alpha value is -1.85. The van der Waals surface area contributed by atoms with Crippen LogP contribution in [-0.4, -0.2) is 31.5 Å². The molecular formula is C15H18F2N2O2. The van der Waals surface area contributed by atoms with Gasteiger partial charge in [0.05, 0.1) is 6.61 Å². The third kappa shape index (κ3) is 2.43. The lowest BCUT2D eigenvalue weighted by Gasteiger charge is -2.20. The fourth-order valence-corrected chi connectivity index (χ4v) is 3.12. The van der Waals surface area contributed by atoms with Crippen molar-refractivity contribution in [2.75, 3.05) is 25.0 Å². The van der Waals surface area contributed by atoms with Crippen molar-refractivity contribution in [1.82, 2.24) is 5.32 Å². The number of carbonyl (C=O) groups excluding carboxylic acids is 1. The molecule has 0 aliphatic carbocycles. The lowest BCUT2D eigenvalue weighted by molar-refractivity contribution is -0.146. The Morgan fingerprint density at radius 1 is 1.52 bits per heavy atom. The summed E-state index contributed by atoms with van der Waals surface area (Å²) >= 11 is 0. The third-order valence-corrected chi connectivity index (χ3v) is 4.04. The molecule has 0 spiro atoms. The van der Waals surface area contributed by atoms with Gasteiger partial charge in [-0.15, -0.1) is 0 Å². The molecule has 21 heavy (non-hydrogen) atoms. The molecule has 2 aliphatic rings. The number of benzene rings is 1. The van der Waals surface area contributed by atoms with Crippen molar-refractivity contribution in [3.8, 4) is 5.75 Å². The monoisotopic (exact) mass is 296 g/mol. The first kappa shape index (κ1) is 14.1. The Bertz CT molecular complexity index is 575. The predicted molar refractivity (Wildman–Crippen MR) is 75.1 cm³/mol. The van der Waals surface area contributed by atoms with Crippen molar-refractivity contribution >= 4 is 11.6 Å². The molecule has 1 unspecified atom stereocenters. The van der Waals surface area contributed by atoms with Gasteiger partial charge in [-0.2, -0.15) is 8.78 Å². The zero-order chi connectivity index (χ0) is 15.0. The molecule has 0 fully saturated rings. The molecule has 0 bridgehead atoms. The van der Waals surface area contributed by atoms with E-state index in [4.69, 9.17) is 4.74 Å². The van der Waals surface area contributed by atoms with Gasteiger partial charge in [0.2, 0.25) is 0 Å². The maximum atomic E-state index is 14.0. The van der Waals surface area contributed by atoms with Gasteiger partial charge >= 0.3 is 5.92 Å². The standard InChI is InChI=1S/C15H18F2N2O2/c1-2-18-14(20)15(16,17)7-9-8-19-11-3-4-12-10(13(9)11)5-6-21-12/h3-4,9,19H,2,5-8H2,1H3,(H,18,20). The number of nitrogens with one attached hydrogen (secondary N) is 2. The van der Waals surface area contributed by atoms with E-state index in [2.05, 4.69) is 10.6 Å². The van der Waals surface area contributed by atoms with Gasteiger partial charge < -0.3 is 15.4 Å².